The zero-order valence-corrected chi connectivity index (χ0v) is 11.6. The van der Waals surface area contributed by atoms with Crippen LogP contribution in [0.2, 0.25) is 10.0 Å². The first kappa shape index (κ1) is 13.2. The molecule has 2 rings (SSSR count). The fraction of sp³-hybridized carbons (Fsp3) is 0.571. The van der Waals surface area contributed by atoms with Gasteiger partial charge in [-0.3, -0.25) is 0 Å². The smallest absolute Gasteiger partial charge is 0.0468 e. The molecule has 0 amide bonds. The molecule has 1 saturated carbocycles. The van der Waals surface area contributed by atoms with Crippen molar-refractivity contribution in [1.82, 2.24) is 0 Å². The molecular weight excluding hydrogens is 253 g/mol. The van der Waals surface area contributed by atoms with Crippen LogP contribution in [0.4, 0.5) is 0 Å². The first-order valence-electron chi connectivity index (χ1n) is 6.29. The number of nitrogens with two attached hydrogens (primary N) is 1. The van der Waals surface area contributed by atoms with Crippen molar-refractivity contribution in [2.75, 3.05) is 0 Å². The SMILES string of the molecule is CC1CCCC(C(N)c2c(Cl)cccc2Cl)C1. The maximum absolute atomic E-state index is 6.36. The molecule has 0 heterocycles. The molecule has 1 aliphatic rings. The summed E-state index contributed by atoms with van der Waals surface area (Å²) >= 11 is 12.4. The molecule has 0 radical (unpaired) electrons. The monoisotopic (exact) mass is 271 g/mol. The van der Waals surface area contributed by atoms with Crippen LogP contribution in [0.1, 0.15) is 44.2 Å². The summed E-state index contributed by atoms with van der Waals surface area (Å²) in [5.74, 6) is 1.28. The molecule has 94 valence electrons. The third-order valence-corrected chi connectivity index (χ3v) is 4.48. The molecule has 1 nitrogen and oxygen atoms in total. The molecule has 3 atom stereocenters. The molecule has 0 spiro atoms. The Morgan fingerprint density at radius 3 is 2.47 bits per heavy atom. The van der Waals surface area contributed by atoms with Crippen LogP contribution in [0.25, 0.3) is 0 Å². The fourth-order valence-corrected chi connectivity index (χ4v) is 3.52. The molecule has 0 aromatic heterocycles. The van der Waals surface area contributed by atoms with Crippen molar-refractivity contribution in [3.63, 3.8) is 0 Å². The number of hydrogen-bond acceptors (Lipinski definition) is 1. The normalized spacial score (nSPS) is 26.8. The molecule has 0 aliphatic heterocycles. The molecule has 3 unspecified atom stereocenters. The second-order valence-corrected chi connectivity index (χ2v) is 6.01. The van der Waals surface area contributed by atoms with Crippen LogP contribution in [-0.2, 0) is 0 Å². The van der Waals surface area contributed by atoms with Crippen LogP contribution in [-0.4, -0.2) is 0 Å². The van der Waals surface area contributed by atoms with Gasteiger partial charge >= 0.3 is 0 Å². The number of benzene rings is 1. The Balaban J connectivity index is 2.21. The molecule has 2 N–H and O–H groups in total. The van der Waals surface area contributed by atoms with Crippen molar-refractivity contribution >= 4 is 23.2 Å². The zero-order chi connectivity index (χ0) is 12.4. The Morgan fingerprint density at radius 2 is 1.88 bits per heavy atom. The van der Waals surface area contributed by atoms with Gasteiger partial charge in [0.05, 0.1) is 0 Å². The van der Waals surface area contributed by atoms with Crippen molar-refractivity contribution in [3.05, 3.63) is 33.8 Å². The minimum absolute atomic E-state index is 0.0288. The number of halogens is 2. The maximum Gasteiger partial charge on any atom is 0.0468 e. The van der Waals surface area contributed by atoms with Crippen LogP contribution < -0.4 is 5.73 Å². The van der Waals surface area contributed by atoms with E-state index in [1.165, 1.54) is 25.7 Å². The number of hydrogen-bond donors (Lipinski definition) is 1. The van der Waals surface area contributed by atoms with Gasteiger partial charge in [-0.15, -0.1) is 0 Å². The lowest BCUT2D eigenvalue weighted by atomic mass is 9.77. The van der Waals surface area contributed by atoms with Crippen LogP contribution >= 0.6 is 23.2 Å². The minimum atomic E-state index is -0.0288. The third kappa shape index (κ3) is 2.96. The van der Waals surface area contributed by atoms with Gasteiger partial charge in [0.1, 0.15) is 0 Å². The molecule has 1 fully saturated rings. The van der Waals surface area contributed by atoms with Gasteiger partial charge in [-0.25, -0.2) is 0 Å². The standard InChI is InChI=1S/C14H19Cl2N/c1-9-4-2-5-10(8-9)14(17)13-11(15)6-3-7-12(13)16/h3,6-7,9-10,14H,2,4-5,8,17H2,1H3. The molecule has 1 aliphatic carbocycles. The quantitative estimate of drug-likeness (QED) is 0.820. The van der Waals surface area contributed by atoms with Gasteiger partial charge in [0.2, 0.25) is 0 Å². The number of rotatable bonds is 2. The van der Waals surface area contributed by atoms with Crippen molar-refractivity contribution in [1.29, 1.82) is 0 Å². The predicted molar refractivity (Wildman–Crippen MR) is 74.5 cm³/mol. The summed E-state index contributed by atoms with van der Waals surface area (Å²) in [6.07, 6.45) is 4.96. The zero-order valence-electron chi connectivity index (χ0n) is 10.1. The van der Waals surface area contributed by atoms with E-state index in [1.807, 2.05) is 18.2 Å². The van der Waals surface area contributed by atoms with E-state index >= 15 is 0 Å². The summed E-state index contributed by atoms with van der Waals surface area (Å²) in [6, 6.07) is 5.58. The average molecular weight is 272 g/mol. The first-order valence-corrected chi connectivity index (χ1v) is 7.04. The van der Waals surface area contributed by atoms with Crippen LogP contribution in [0, 0.1) is 11.8 Å². The summed E-state index contributed by atoms with van der Waals surface area (Å²) in [5.41, 5.74) is 7.29. The summed E-state index contributed by atoms with van der Waals surface area (Å²) < 4.78 is 0. The van der Waals surface area contributed by atoms with Gasteiger partial charge in [-0.1, -0.05) is 49.0 Å². The highest BCUT2D eigenvalue weighted by atomic mass is 35.5. The van der Waals surface area contributed by atoms with E-state index in [9.17, 15) is 0 Å². The van der Waals surface area contributed by atoms with Crippen molar-refractivity contribution in [3.8, 4) is 0 Å². The fourth-order valence-electron chi connectivity index (χ4n) is 2.87. The van der Waals surface area contributed by atoms with Gasteiger partial charge in [-0.2, -0.15) is 0 Å². The molecule has 17 heavy (non-hydrogen) atoms. The molecule has 0 saturated heterocycles. The van der Waals surface area contributed by atoms with E-state index < -0.39 is 0 Å². The molecule has 1 aromatic carbocycles. The summed E-state index contributed by atoms with van der Waals surface area (Å²) in [5, 5.41) is 1.39. The van der Waals surface area contributed by atoms with Gasteiger partial charge in [0.15, 0.2) is 0 Å². The first-order chi connectivity index (χ1) is 8.09. The van der Waals surface area contributed by atoms with E-state index in [2.05, 4.69) is 6.92 Å². The maximum atomic E-state index is 6.36. The second-order valence-electron chi connectivity index (χ2n) is 5.19. The Bertz CT molecular complexity index is 372. The van der Waals surface area contributed by atoms with Crippen LogP contribution in [0.15, 0.2) is 18.2 Å². The van der Waals surface area contributed by atoms with Crippen molar-refractivity contribution < 1.29 is 0 Å². The molecule has 0 bridgehead atoms. The lowest BCUT2D eigenvalue weighted by Gasteiger charge is -2.32. The summed E-state index contributed by atoms with van der Waals surface area (Å²) in [6.45, 7) is 2.30. The highest BCUT2D eigenvalue weighted by Crippen LogP contribution is 2.40. The van der Waals surface area contributed by atoms with E-state index in [0.29, 0.717) is 16.0 Å². The van der Waals surface area contributed by atoms with Gasteiger partial charge in [0, 0.05) is 21.7 Å². The molecule has 1 aromatic rings. The Labute approximate surface area is 113 Å². The highest BCUT2D eigenvalue weighted by Gasteiger charge is 2.27. The topological polar surface area (TPSA) is 26.0 Å². The minimum Gasteiger partial charge on any atom is -0.324 e. The Kier molecular flexibility index (Phi) is 4.35. The summed E-state index contributed by atoms with van der Waals surface area (Å²) in [7, 11) is 0. The largest absolute Gasteiger partial charge is 0.324 e. The molecular formula is C14H19Cl2N. The van der Waals surface area contributed by atoms with Gasteiger partial charge in [-0.05, 0) is 36.8 Å². The van der Waals surface area contributed by atoms with Gasteiger partial charge in [0.25, 0.3) is 0 Å². The van der Waals surface area contributed by atoms with Crippen LogP contribution in [0.5, 0.6) is 0 Å². The average Bonchev–Trinajstić information content (AvgIpc) is 2.28. The Hall–Kier alpha value is -0.240. The second kappa shape index (κ2) is 5.60. The van der Waals surface area contributed by atoms with Crippen molar-refractivity contribution in [2.24, 2.45) is 17.6 Å². The lowest BCUT2D eigenvalue weighted by molar-refractivity contribution is 0.248. The lowest BCUT2D eigenvalue weighted by Crippen LogP contribution is -2.26. The van der Waals surface area contributed by atoms with E-state index in [0.717, 1.165) is 11.5 Å². The van der Waals surface area contributed by atoms with E-state index in [-0.39, 0.29) is 6.04 Å². The third-order valence-electron chi connectivity index (χ3n) is 3.82. The summed E-state index contributed by atoms with van der Waals surface area (Å²) in [4.78, 5) is 0. The van der Waals surface area contributed by atoms with E-state index in [1.54, 1.807) is 0 Å². The van der Waals surface area contributed by atoms with Crippen molar-refractivity contribution in [2.45, 2.75) is 38.6 Å². The molecule has 3 heteroatoms. The Morgan fingerprint density at radius 1 is 1.24 bits per heavy atom. The van der Waals surface area contributed by atoms with Crippen LogP contribution in [0.3, 0.4) is 0 Å². The predicted octanol–water partition coefficient (Wildman–Crippen LogP) is 4.82. The highest BCUT2D eigenvalue weighted by molar-refractivity contribution is 6.36. The van der Waals surface area contributed by atoms with E-state index in [4.69, 9.17) is 28.9 Å². The van der Waals surface area contributed by atoms with Gasteiger partial charge < -0.3 is 5.73 Å².